The van der Waals surface area contributed by atoms with Gasteiger partial charge in [-0.3, -0.25) is 10.3 Å². The maximum atomic E-state index is 11.3. The fraction of sp³-hybridized carbons (Fsp3) is 0.118. The maximum Gasteiger partial charge on any atom is 0.320 e. The van der Waals surface area contributed by atoms with Crippen LogP contribution >= 0.6 is 0 Å². The van der Waals surface area contributed by atoms with Crippen LogP contribution < -0.4 is 21.1 Å². The van der Waals surface area contributed by atoms with E-state index in [0.29, 0.717) is 23.9 Å². The molecule has 0 fully saturated rings. The number of nitrogen functional groups attached to an aromatic ring is 1. The van der Waals surface area contributed by atoms with Crippen molar-refractivity contribution in [2.75, 3.05) is 18.1 Å². The van der Waals surface area contributed by atoms with Gasteiger partial charge in [-0.05, 0) is 42.0 Å². The molecule has 2 aromatic heterocycles. The van der Waals surface area contributed by atoms with E-state index in [1.807, 2.05) is 18.2 Å². The topological polar surface area (TPSA) is 102 Å². The lowest BCUT2D eigenvalue weighted by Crippen LogP contribution is -2.25. The Morgan fingerprint density at radius 3 is 2.92 bits per heavy atom. The van der Waals surface area contributed by atoms with Crippen LogP contribution in [0.5, 0.6) is 5.75 Å². The number of hydrogen-bond donors (Lipinski definition) is 3. The summed E-state index contributed by atoms with van der Waals surface area (Å²) in [5, 5.41) is 5.95. The van der Waals surface area contributed by atoms with Gasteiger partial charge in [-0.25, -0.2) is 9.78 Å². The number of rotatable bonds is 4. The number of nitrogens with two attached hydrogens (primary N) is 1. The van der Waals surface area contributed by atoms with Crippen LogP contribution in [0.1, 0.15) is 5.56 Å². The van der Waals surface area contributed by atoms with Gasteiger partial charge in [0.15, 0.2) is 0 Å². The summed E-state index contributed by atoms with van der Waals surface area (Å²) >= 11 is 0. The smallest absolute Gasteiger partial charge is 0.320 e. The first-order valence-corrected chi connectivity index (χ1v) is 7.37. The van der Waals surface area contributed by atoms with Crippen molar-refractivity contribution in [1.82, 2.24) is 15.3 Å². The van der Waals surface area contributed by atoms with Gasteiger partial charge in [0.2, 0.25) is 0 Å². The van der Waals surface area contributed by atoms with E-state index in [0.717, 1.165) is 16.5 Å². The third-order valence-electron chi connectivity index (χ3n) is 3.45. The lowest BCUT2D eigenvalue weighted by atomic mass is 10.1. The van der Waals surface area contributed by atoms with E-state index in [-0.39, 0.29) is 6.03 Å². The summed E-state index contributed by atoms with van der Waals surface area (Å²) < 4.78 is 5.87. The molecule has 7 nitrogen and oxygen atoms in total. The maximum absolute atomic E-state index is 11.3. The van der Waals surface area contributed by atoms with Gasteiger partial charge in [-0.2, -0.15) is 0 Å². The quantitative estimate of drug-likeness (QED) is 0.640. The van der Waals surface area contributed by atoms with Gasteiger partial charge in [-0.1, -0.05) is 0 Å². The Kier molecular flexibility index (Phi) is 4.42. The van der Waals surface area contributed by atoms with E-state index >= 15 is 0 Å². The van der Waals surface area contributed by atoms with Crippen LogP contribution in [0.3, 0.4) is 0 Å². The molecule has 3 aromatic rings. The Hall–Kier alpha value is -3.35. The van der Waals surface area contributed by atoms with Crippen molar-refractivity contribution in [2.45, 2.75) is 6.61 Å². The number of benzene rings is 1. The number of carbonyl (C=O) groups excluding carboxylic acids is 1. The molecule has 1 aromatic carbocycles. The van der Waals surface area contributed by atoms with Crippen molar-refractivity contribution >= 4 is 28.4 Å². The van der Waals surface area contributed by atoms with Gasteiger partial charge >= 0.3 is 6.03 Å². The number of carbonyl (C=O) groups is 1. The Morgan fingerprint density at radius 2 is 2.08 bits per heavy atom. The molecule has 0 spiro atoms. The number of nitrogens with zero attached hydrogens (tertiary/aromatic N) is 2. The van der Waals surface area contributed by atoms with Crippen molar-refractivity contribution in [3.63, 3.8) is 0 Å². The van der Waals surface area contributed by atoms with Crippen molar-refractivity contribution in [1.29, 1.82) is 0 Å². The minimum atomic E-state index is -0.325. The van der Waals surface area contributed by atoms with E-state index < -0.39 is 0 Å². The fourth-order valence-corrected chi connectivity index (χ4v) is 2.26. The van der Waals surface area contributed by atoms with Crippen molar-refractivity contribution < 1.29 is 9.53 Å². The molecule has 0 saturated heterocycles. The van der Waals surface area contributed by atoms with Crippen LogP contribution in [0, 0.1) is 0 Å². The van der Waals surface area contributed by atoms with Gasteiger partial charge in [0.25, 0.3) is 0 Å². The highest BCUT2D eigenvalue weighted by Gasteiger charge is 2.07. The lowest BCUT2D eigenvalue weighted by Gasteiger charge is -2.11. The number of pyridine rings is 2. The van der Waals surface area contributed by atoms with Gasteiger partial charge in [-0.15, -0.1) is 0 Å². The number of amides is 2. The highest BCUT2D eigenvalue weighted by molar-refractivity contribution is 5.94. The van der Waals surface area contributed by atoms with Gasteiger partial charge in [0.1, 0.15) is 23.7 Å². The highest BCUT2D eigenvalue weighted by Crippen LogP contribution is 2.28. The third-order valence-corrected chi connectivity index (χ3v) is 3.45. The zero-order chi connectivity index (χ0) is 16.9. The largest absolute Gasteiger partial charge is 0.487 e. The molecule has 0 aliphatic heterocycles. The van der Waals surface area contributed by atoms with Crippen LogP contribution in [0.15, 0.2) is 48.8 Å². The second-order valence-corrected chi connectivity index (χ2v) is 5.09. The first kappa shape index (κ1) is 15.5. The summed E-state index contributed by atoms with van der Waals surface area (Å²) in [6.07, 6.45) is 3.32. The number of urea groups is 1. The normalized spacial score (nSPS) is 10.4. The number of nitrogens with one attached hydrogen (secondary N) is 2. The van der Waals surface area contributed by atoms with Crippen LogP contribution in [0.4, 0.5) is 16.3 Å². The molecule has 7 heteroatoms. The average molecular weight is 323 g/mol. The summed E-state index contributed by atoms with van der Waals surface area (Å²) in [6, 6.07) is 10.6. The molecule has 0 aliphatic rings. The zero-order valence-corrected chi connectivity index (χ0v) is 13.1. The average Bonchev–Trinajstić information content (AvgIpc) is 2.61. The van der Waals surface area contributed by atoms with Crippen molar-refractivity contribution in [2.24, 2.45) is 0 Å². The van der Waals surface area contributed by atoms with Crippen LogP contribution in [0.2, 0.25) is 0 Å². The molecule has 3 rings (SSSR count). The molecule has 2 heterocycles. The summed E-state index contributed by atoms with van der Waals surface area (Å²) in [6.45, 7) is 0.320. The molecular weight excluding hydrogens is 306 g/mol. The Bertz CT molecular complexity index is 882. The molecule has 0 radical (unpaired) electrons. The minimum absolute atomic E-state index is 0.320. The molecule has 0 bridgehead atoms. The SMILES string of the molecule is CNC(=O)Nc1cc(COc2ccc(N)c3cccnc23)ccn1. The Morgan fingerprint density at radius 1 is 1.21 bits per heavy atom. The predicted octanol–water partition coefficient (Wildman–Crippen LogP) is 2.54. The van der Waals surface area contributed by atoms with Crippen LogP contribution in [-0.2, 0) is 6.61 Å². The van der Waals surface area contributed by atoms with Crippen molar-refractivity contribution in [3.05, 3.63) is 54.4 Å². The van der Waals surface area contributed by atoms with Gasteiger partial charge in [0.05, 0.1) is 0 Å². The molecule has 0 saturated carbocycles. The van der Waals surface area contributed by atoms with E-state index in [2.05, 4.69) is 20.6 Å². The monoisotopic (exact) mass is 323 g/mol. The van der Waals surface area contributed by atoms with Gasteiger partial charge < -0.3 is 15.8 Å². The number of aromatic nitrogens is 2. The standard InChI is InChI=1S/C17H17N5O2/c1-19-17(23)22-15-9-11(6-8-20-15)10-24-14-5-4-13(18)12-3-2-7-21-16(12)14/h2-9H,10,18H2,1H3,(H2,19,20,22,23). The van der Waals surface area contributed by atoms with Crippen LogP contribution in [0.25, 0.3) is 10.9 Å². The third kappa shape index (κ3) is 3.35. The van der Waals surface area contributed by atoms with Gasteiger partial charge in [0, 0.05) is 30.5 Å². The molecule has 122 valence electrons. The lowest BCUT2D eigenvalue weighted by molar-refractivity contribution is 0.254. The zero-order valence-electron chi connectivity index (χ0n) is 13.1. The molecule has 0 atom stereocenters. The number of fused-ring (bicyclic) bond motifs is 1. The van der Waals surface area contributed by atoms with E-state index in [4.69, 9.17) is 10.5 Å². The van der Waals surface area contributed by atoms with E-state index in [1.165, 1.54) is 0 Å². The molecule has 0 aliphatic carbocycles. The summed E-state index contributed by atoms with van der Waals surface area (Å²) in [5.41, 5.74) is 8.21. The predicted molar refractivity (Wildman–Crippen MR) is 92.8 cm³/mol. The molecule has 24 heavy (non-hydrogen) atoms. The first-order chi connectivity index (χ1) is 11.7. The highest BCUT2D eigenvalue weighted by atomic mass is 16.5. The molecule has 4 N–H and O–H groups in total. The number of ether oxygens (including phenoxy) is 1. The summed E-state index contributed by atoms with van der Waals surface area (Å²) in [7, 11) is 1.54. The molecule has 0 unspecified atom stereocenters. The van der Waals surface area contributed by atoms with Crippen LogP contribution in [-0.4, -0.2) is 23.0 Å². The number of anilines is 2. The second-order valence-electron chi connectivity index (χ2n) is 5.09. The molecule has 2 amide bonds. The summed E-state index contributed by atoms with van der Waals surface area (Å²) in [4.78, 5) is 19.8. The number of hydrogen-bond acceptors (Lipinski definition) is 5. The Balaban J connectivity index is 1.78. The fourth-order valence-electron chi connectivity index (χ4n) is 2.26. The van der Waals surface area contributed by atoms with Crippen molar-refractivity contribution in [3.8, 4) is 5.75 Å². The first-order valence-electron chi connectivity index (χ1n) is 7.37. The molecular formula is C17H17N5O2. The second kappa shape index (κ2) is 6.82. The van der Waals surface area contributed by atoms with E-state index in [9.17, 15) is 4.79 Å². The Labute approximate surface area is 138 Å². The van der Waals surface area contributed by atoms with E-state index in [1.54, 1.807) is 37.6 Å². The minimum Gasteiger partial charge on any atom is -0.487 e. The summed E-state index contributed by atoms with van der Waals surface area (Å²) in [5.74, 6) is 1.10.